The third kappa shape index (κ3) is 3.38. The van der Waals surface area contributed by atoms with E-state index in [1.165, 1.54) is 24.5 Å². The Morgan fingerprint density at radius 1 is 1.56 bits per heavy atom. The van der Waals surface area contributed by atoms with Crippen LogP contribution in [0.5, 0.6) is 0 Å². The lowest BCUT2D eigenvalue weighted by molar-refractivity contribution is -0.140. The third-order valence-corrected chi connectivity index (χ3v) is 2.18. The maximum atomic E-state index is 11.7. The van der Waals surface area contributed by atoms with E-state index in [9.17, 15) is 9.59 Å². The zero-order chi connectivity index (χ0) is 12.0. The van der Waals surface area contributed by atoms with Crippen LogP contribution in [-0.2, 0) is 9.53 Å². The predicted octanol–water partition coefficient (Wildman–Crippen LogP) is 0.435. The molecule has 6 heteroatoms. The number of aromatic nitrogens is 2. The van der Waals surface area contributed by atoms with Crippen LogP contribution in [0.1, 0.15) is 23.3 Å². The molecule has 0 radical (unpaired) electrons. The smallest absolute Gasteiger partial charge is 0.305 e. The molecule has 0 bridgehead atoms. The number of aromatic amines is 1. The van der Waals surface area contributed by atoms with Gasteiger partial charge in [-0.1, -0.05) is 0 Å². The second-order valence-electron chi connectivity index (χ2n) is 3.37. The van der Waals surface area contributed by atoms with Crippen molar-refractivity contribution in [3.05, 3.63) is 18.2 Å². The van der Waals surface area contributed by atoms with E-state index in [0.29, 0.717) is 25.1 Å². The summed E-state index contributed by atoms with van der Waals surface area (Å²) in [5.74, 6) is -0.398. The molecule has 0 fully saturated rings. The van der Waals surface area contributed by atoms with Crippen molar-refractivity contribution in [2.45, 2.75) is 12.8 Å². The number of imidazole rings is 1. The van der Waals surface area contributed by atoms with E-state index >= 15 is 0 Å². The normalized spacial score (nSPS) is 9.88. The Labute approximate surface area is 93.6 Å². The first-order chi connectivity index (χ1) is 7.65. The number of methoxy groups -OCH3 is 1. The van der Waals surface area contributed by atoms with Crippen LogP contribution in [0.2, 0.25) is 0 Å². The van der Waals surface area contributed by atoms with Crippen molar-refractivity contribution in [2.75, 3.05) is 20.7 Å². The maximum absolute atomic E-state index is 11.7. The maximum Gasteiger partial charge on any atom is 0.305 e. The van der Waals surface area contributed by atoms with E-state index in [0.717, 1.165) is 0 Å². The molecule has 0 atom stereocenters. The molecule has 1 heterocycles. The van der Waals surface area contributed by atoms with Crippen molar-refractivity contribution in [1.82, 2.24) is 14.9 Å². The fraction of sp³-hybridized carbons (Fsp3) is 0.500. The summed E-state index contributed by atoms with van der Waals surface area (Å²) >= 11 is 0. The topological polar surface area (TPSA) is 75.3 Å². The number of carbonyl (C=O) groups is 2. The Morgan fingerprint density at radius 3 is 2.88 bits per heavy atom. The van der Waals surface area contributed by atoms with Gasteiger partial charge in [0.15, 0.2) is 0 Å². The van der Waals surface area contributed by atoms with E-state index < -0.39 is 0 Å². The van der Waals surface area contributed by atoms with E-state index in [1.807, 2.05) is 0 Å². The summed E-state index contributed by atoms with van der Waals surface area (Å²) in [6, 6.07) is 0. The number of rotatable bonds is 5. The van der Waals surface area contributed by atoms with Crippen molar-refractivity contribution in [3.63, 3.8) is 0 Å². The van der Waals surface area contributed by atoms with E-state index in [4.69, 9.17) is 0 Å². The van der Waals surface area contributed by atoms with Crippen LogP contribution in [0, 0.1) is 0 Å². The van der Waals surface area contributed by atoms with Crippen LogP contribution in [0.4, 0.5) is 0 Å². The molecular weight excluding hydrogens is 210 g/mol. The predicted molar refractivity (Wildman–Crippen MR) is 56.8 cm³/mol. The SMILES string of the molecule is COC(=O)CCCN(C)C(=O)c1cnc[nH]1. The van der Waals surface area contributed by atoms with Crippen LogP contribution in [-0.4, -0.2) is 47.4 Å². The molecule has 1 amide bonds. The number of hydrogen-bond donors (Lipinski definition) is 1. The number of nitrogens with zero attached hydrogens (tertiary/aromatic N) is 2. The summed E-state index contributed by atoms with van der Waals surface area (Å²) in [5, 5.41) is 0. The quantitative estimate of drug-likeness (QED) is 0.737. The van der Waals surface area contributed by atoms with Gasteiger partial charge in [-0.25, -0.2) is 4.98 Å². The highest BCUT2D eigenvalue weighted by Gasteiger charge is 2.12. The van der Waals surface area contributed by atoms with E-state index in [2.05, 4.69) is 14.7 Å². The van der Waals surface area contributed by atoms with E-state index in [1.54, 1.807) is 7.05 Å². The molecular formula is C10H15N3O3. The molecule has 0 aromatic carbocycles. The Balaban J connectivity index is 2.33. The monoisotopic (exact) mass is 225 g/mol. The lowest BCUT2D eigenvalue weighted by Crippen LogP contribution is -2.28. The van der Waals surface area contributed by atoms with Gasteiger partial charge in [0.1, 0.15) is 5.69 Å². The summed E-state index contributed by atoms with van der Waals surface area (Å²) in [4.78, 5) is 30.6. The lowest BCUT2D eigenvalue weighted by Gasteiger charge is -2.15. The van der Waals surface area contributed by atoms with Gasteiger partial charge in [0, 0.05) is 20.0 Å². The third-order valence-electron chi connectivity index (χ3n) is 2.18. The highest BCUT2D eigenvalue weighted by atomic mass is 16.5. The molecule has 16 heavy (non-hydrogen) atoms. The van der Waals surface area contributed by atoms with Gasteiger partial charge < -0.3 is 14.6 Å². The Bertz CT molecular complexity index is 348. The van der Waals surface area contributed by atoms with Crippen molar-refractivity contribution in [2.24, 2.45) is 0 Å². The molecule has 1 N–H and O–H groups in total. The molecule has 1 aromatic rings. The van der Waals surface area contributed by atoms with Crippen LogP contribution < -0.4 is 0 Å². The Morgan fingerprint density at radius 2 is 2.31 bits per heavy atom. The van der Waals surface area contributed by atoms with Crippen molar-refractivity contribution >= 4 is 11.9 Å². The molecule has 0 spiro atoms. The number of hydrogen-bond acceptors (Lipinski definition) is 4. The van der Waals surface area contributed by atoms with Crippen LogP contribution in [0.3, 0.4) is 0 Å². The molecule has 0 aliphatic heterocycles. The van der Waals surface area contributed by atoms with Crippen molar-refractivity contribution in [1.29, 1.82) is 0 Å². The highest BCUT2D eigenvalue weighted by Crippen LogP contribution is 2.01. The number of amides is 1. The van der Waals surface area contributed by atoms with Gasteiger partial charge in [-0.2, -0.15) is 0 Å². The first-order valence-corrected chi connectivity index (χ1v) is 4.95. The van der Waals surface area contributed by atoms with Crippen molar-refractivity contribution < 1.29 is 14.3 Å². The lowest BCUT2D eigenvalue weighted by atomic mass is 10.3. The molecule has 88 valence electrons. The minimum Gasteiger partial charge on any atom is -0.469 e. The first-order valence-electron chi connectivity index (χ1n) is 4.95. The average molecular weight is 225 g/mol. The summed E-state index contributed by atoms with van der Waals surface area (Å²) in [7, 11) is 3.03. The van der Waals surface area contributed by atoms with Gasteiger partial charge in [0.25, 0.3) is 5.91 Å². The fourth-order valence-electron chi connectivity index (χ4n) is 1.24. The van der Waals surface area contributed by atoms with Gasteiger partial charge in [-0.15, -0.1) is 0 Å². The minimum atomic E-state index is -0.262. The largest absolute Gasteiger partial charge is 0.469 e. The number of ether oxygens (including phenoxy) is 1. The zero-order valence-electron chi connectivity index (χ0n) is 9.40. The molecule has 0 aliphatic carbocycles. The zero-order valence-corrected chi connectivity index (χ0v) is 9.40. The highest BCUT2D eigenvalue weighted by molar-refractivity contribution is 5.91. The molecule has 0 saturated heterocycles. The number of H-pyrrole nitrogens is 1. The van der Waals surface area contributed by atoms with Gasteiger partial charge in [0.05, 0.1) is 19.6 Å². The molecule has 0 unspecified atom stereocenters. The molecule has 0 saturated carbocycles. The number of nitrogens with one attached hydrogen (secondary N) is 1. The van der Waals surface area contributed by atoms with Crippen LogP contribution >= 0.6 is 0 Å². The molecule has 0 aliphatic rings. The van der Waals surface area contributed by atoms with Crippen LogP contribution in [0.25, 0.3) is 0 Å². The summed E-state index contributed by atoms with van der Waals surface area (Å²) < 4.78 is 4.51. The van der Waals surface area contributed by atoms with Crippen LogP contribution in [0.15, 0.2) is 12.5 Å². The van der Waals surface area contributed by atoms with Gasteiger partial charge in [-0.3, -0.25) is 9.59 Å². The van der Waals surface area contributed by atoms with Gasteiger partial charge >= 0.3 is 5.97 Å². The van der Waals surface area contributed by atoms with Crippen molar-refractivity contribution in [3.8, 4) is 0 Å². The Kier molecular flexibility index (Phi) is 4.50. The minimum absolute atomic E-state index is 0.137. The molecule has 6 nitrogen and oxygen atoms in total. The molecule has 1 aromatic heterocycles. The number of esters is 1. The Hall–Kier alpha value is -1.85. The number of carbonyl (C=O) groups excluding carboxylic acids is 2. The summed E-state index contributed by atoms with van der Waals surface area (Å²) in [6.45, 7) is 0.507. The second-order valence-corrected chi connectivity index (χ2v) is 3.37. The second kappa shape index (κ2) is 5.89. The standard InChI is InChI=1S/C10H15N3O3/c1-13(5-3-4-9(14)16-2)10(15)8-6-11-7-12-8/h6-7H,3-5H2,1-2H3,(H,11,12). The average Bonchev–Trinajstić information content (AvgIpc) is 2.81. The van der Waals surface area contributed by atoms with Gasteiger partial charge in [-0.05, 0) is 6.42 Å². The van der Waals surface area contributed by atoms with E-state index in [-0.39, 0.29) is 11.9 Å². The fourth-order valence-corrected chi connectivity index (χ4v) is 1.24. The summed E-state index contributed by atoms with van der Waals surface area (Å²) in [5.41, 5.74) is 0.445. The first kappa shape index (κ1) is 12.2. The summed E-state index contributed by atoms with van der Waals surface area (Å²) in [6.07, 6.45) is 3.83. The molecule has 1 rings (SSSR count). The van der Waals surface area contributed by atoms with Gasteiger partial charge in [0.2, 0.25) is 0 Å².